The molecule has 1 fully saturated rings. The maximum atomic E-state index is 12.7. The minimum absolute atomic E-state index is 0.0405. The highest BCUT2D eigenvalue weighted by Gasteiger charge is 2.45. The molecule has 0 radical (unpaired) electrons. The summed E-state index contributed by atoms with van der Waals surface area (Å²) in [6.07, 6.45) is 3.38. The second-order valence-corrected chi connectivity index (χ2v) is 7.93. The van der Waals surface area contributed by atoms with Crippen molar-refractivity contribution in [2.45, 2.75) is 44.6 Å². The zero-order valence-corrected chi connectivity index (χ0v) is 15.2. The Morgan fingerprint density at radius 1 is 1.17 bits per heavy atom. The molecule has 2 aliphatic heterocycles. The van der Waals surface area contributed by atoms with Crippen molar-refractivity contribution in [3.8, 4) is 0 Å². The molecule has 1 amide bonds. The molecular weight excluding hydrogens is 318 g/mol. The van der Waals surface area contributed by atoms with Crippen LogP contribution in [0.2, 0.25) is 0 Å². The van der Waals surface area contributed by atoms with Crippen LogP contribution in [0.1, 0.15) is 44.8 Å². The van der Waals surface area contributed by atoms with Gasteiger partial charge in [-0.05, 0) is 61.3 Å². The highest BCUT2D eigenvalue weighted by atomic mass is 32.2. The van der Waals surface area contributed by atoms with Gasteiger partial charge >= 0.3 is 0 Å². The van der Waals surface area contributed by atoms with Crippen molar-refractivity contribution >= 4 is 23.4 Å². The Hall–Kier alpha value is -1.46. The second-order valence-electron chi connectivity index (χ2n) is 6.69. The number of benzene rings is 1. The van der Waals surface area contributed by atoms with Crippen molar-refractivity contribution < 1.29 is 4.79 Å². The number of amides is 1. The van der Waals surface area contributed by atoms with Gasteiger partial charge in [0.05, 0.1) is 11.3 Å². The van der Waals surface area contributed by atoms with Crippen molar-refractivity contribution in [3.05, 3.63) is 40.3 Å². The highest BCUT2D eigenvalue weighted by molar-refractivity contribution is 8.04. The molecule has 3 aliphatic rings. The Morgan fingerprint density at radius 3 is 2.62 bits per heavy atom. The van der Waals surface area contributed by atoms with Crippen LogP contribution in [0, 0.1) is 5.92 Å². The lowest BCUT2D eigenvalue weighted by atomic mass is 9.94. The van der Waals surface area contributed by atoms with Crippen LogP contribution in [0.15, 0.2) is 34.7 Å². The lowest BCUT2D eigenvalue weighted by Crippen LogP contribution is -2.54. The monoisotopic (exact) mass is 343 g/mol. The zero-order chi connectivity index (χ0) is 16.7. The molecule has 0 bridgehead atoms. The molecule has 1 aliphatic carbocycles. The summed E-state index contributed by atoms with van der Waals surface area (Å²) in [4.78, 5) is 16.5. The third kappa shape index (κ3) is 2.64. The standard InChI is InChI=1S/C19H25N3OS/c1-3-22(4-2)13-10-8-12(9-11-13)17-20-18(23)16-14-6-5-7-15(14)24-19(16)21-17/h8-11,16-17,19,21H,3-7H2,1-2H3,(H,20,23). The lowest BCUT2D eigenvalue weighted by Gasteiger charge is -2.35. The molecule has 1 aromatic carbocycles. The largest absolute Gasteiger partial charge is 0.372 e. The van der Waals surface area contributed by atoms with Gasteiger partial charge in [-0.1, -0.05) is 12.1 Å². The Morgan fingerprint density at radius 2 is 1.92 bits per heavy atom. The second kappa shape index (κ2) is 6.45. The van der Waals surface area contributed by atoms with Gasteiger partial charge in [0, 0.05) is 18.8 Å². The zero-order valence-electron chi connectivity index (χ0n) is 14.3. The minimum atomic E-state index is -0.0861. The predicted octanol–water partition coefficient (Wildman–Crippen LogP) is 3.38. The van der Waals surface area contributed by atoms with E-state index in [9.17, 15) is 4.79 Å². The van der Waals surface area contributed by atoms with Crippen LogP contribution < -0.4 is 15.5 Å². The van der Waals surface area contributed by atoms with E-state index < -0.39 is 0 Å². The molecule has 3 unspecified atom stereocenters. The number of anilines is 1. The van der Waals surface area contributed by atoms with Crippen molar-refractivity contribution in [1.82, 2.24) is 10.6 Å². The van der Waals surface area contributed by atoms with Crippen LogP contribution in [-0.4, -0.2) is 24.4 Å². The quantitative estimate of drug-likeness (QED) is 0.880. The number of allylic oxidation sites excluding steroid dienone is 1. The summed E-state index contributed by atoms with van der Waals surface area (Å²) >= 11 is 1.88. The fourth-order valence-corrected chi connectivity index (χ4v) is 5.69. The van der Waals surface area contributed by atoms with E-state index in [1.54, 1.807) is 0 Å². The first-order valence-corrected chi connectivity index (χ1v) is 9.89. The Kier molecular flexibility index (Phi) is 4.31. The van der Waals surface area contributed by atoms with Gasteiger partial charge in [0.15, 0.2) is 0 Å². The van der Waals surface area contributed by atoms with E-state index >= 15 is 0 Å². The van der Waals surface area contributed by atoms with E-state index in [1.165, 1.54) is 22.6 Å². The van der Waals surface area contributed by atoms with Gasteiger partial charge in [0.2, 0.25) is 5.91 Å². The van der Waals surface area contributed by atoms with Gasteiger partial charge in [-0.15, -0.1) is 11.8 Å². The SMILES string of the molecule is CCN(CC)c1ccc(C2NC(=O)C3C4=C(CCC4)SC3N2)cc1. The summed E-state index contributed by atoms with van der Waals surface area (Å²) in [7, 11) is 0. The molecule has 4 nitrogen and oxygen atoms in total. The first-order chi connectivity index (χ1) is 11.7. The van der Waals surface area contributed by atoms with Crippen molar-refractivity contribution in [2.24, 2.45) is 5.92 Å². The van der Waals surface area contributed by atoms with Crippen LogP contribution in [-0.2, 0) is 4.79 Å². The van der Waals surface area contributed by atoms with Gasteiger partial charge < -0.3 is 10.2 Å². The van der Waals surface area contributed by atoms with Crippen molar-refractivity contribution in [1.29, 1.82) is 0 Å². The molecule has 0 spiro atoms. The molecule has 1 aromatic rings. The van der Waals surface area contributed by atoms with E-state index in [0.29, 0.717) is 0 Å². The van der Waals surface area contributed by atoms with Crippen LogP contribution in [0.4, 0.5) is 5.69 Å². The van der Waals surface area contributed by atoms with E-state index in [1.807, 2.05) is 11.8 Å². The molecule has 3 atom stereocenters. The topological polar surface area (TPSA) is 44.4 Å². The lowest BCUT2D eigenvalue weighted by molar-refractivity contribution is -0.127. The summed E-state index contributed by atoms with van der Waals surface area (Å²) in [6, 6.07) is 8.57. The van der Waals surface area contributed by atoms with E-state index in [2.05, 4.69) is 53.6 Å². The van der Waals surface area contributed by atoms with Gasteiger partial charge in [-0.3, -0.25) is 10.1 Å². The summed E-state index contributed by atoms with van der Waals surface area (Å²) < 4.78 is 0. The maximum Gasteiger partial charge on any atom is 0.231 e. The Labute approximate surface area is 148 Å². The number of rotatable bonds is 4. The number of thioether (sulfide) groups is 1. The van der Waals surface area contributed by atoms with Crippen LogP contribution in [0.3, 0.4) is 0 Å². The number of hydrogen-bond donors (Lipinski definition) is 2. The fraction of sp³-hybridized carbons (Fsp3) is 0.526. The third-order valence-electron chi connectivity index (χ3n) is 5.41. The first-order valence-electron chi connectivity index (χ1n) is 9.01. The highest BCUT2D eigenvalue weighted by Crippen LogP contribution is 2.50. The number of carbonyl (C=O) groups excluding carboxylic acids is 1. The summed E-state index contributed by atoms with van der Waals surface area (Å²) in [6.45, 7) is 6.35. The van der Waals surface area contributed by atoms with Crippen LogP contribution >= 0.6 is 11.8 Å². The number of hydrogen-bond acceptors (Lipinski definition) is 4. The number of carbonyl (C=O) groups is 1. The number of fused-ring (bicyclic) bond motifs is 2. The van der Waals surface area contributed by atoms with Gasteiger partial charge in [0.1, 0.15) is 6.17 Å². The average Bonchev–Trinajstić information content (AvgIpc) is 3.17. The predicted molar refractivity (Wildman–Crippen MR) is 99.8 cm³/mol. The third-order valence-corrected chi connectivity index (χ3v) is 6.82. The molecule has 2 N–H and O–H groups in total. The van der Waals surface area contributed by atoms with Gasteiger partial charge in [-0.2, -0.15) is 0 Å². The van der Waals surface area contributed by atoms with Crippen molar-refractivity contribution in [2.75, 3.05) is 18.0 Å². The number of nitrogens with zero attached hydrogens (tertiary/aromatic N) is 1. The summed E-state index contributed by atoms with van der Waals surface area (Å²) in [5.41, 5.74) is 3.76. The van der Waals surface area contributed by atoms with Crippen LogP contribution in [0.5, 0.6) is 0 Å². The maximum absolute atomic E-state index is 12.7. The Balaban J connectivity index is 1.50. The molecular formula is C19H25N3OS. The molecule has 128 valence electrons. The minimum Gasteiger partial charge on any atom is -0.372 e. The van der Waals surface area contributed by atoms with Gasteiger partial charge in [-0.25, -0.2) is 0 Å². The summed E-state index contributed by atoms with van der Waals surface area (Å²) in [5.74, 6) is 0.231. The normalized spacial score (nSPS) is 28.6. The summed E-state index contributed by atoms with van der Waals surface area (Å²) in [5, 5.41) is 7.03. The number of nitrogens with one attached hydrogen (secondary N) is 2. The Bertz CT molecular complexity index is 666. The molecule has 4 rings (SSSR count). The molecule has 2 heterocycles. The van der Waals surface area contributed by atoms with Crippen LogP contribution in [0.25, 0.3) is 0 Å². The van der Waals surface area contributed by atoms with Crippen molar-refractivity contribution in [3.63, 3.8) is 0 Å². The molecule has 0 aromatic heterocycles. The fourth-order valence-electron chi connectivity index (χ4n) is 4.12. The van der Waals surface area contributed by atoms with E-state index in [0.717, 1.165) is 31.5 Å². The van der Waals surface area contributed by atoms with E-state index in [-0.39, 0.29) is 23.4 Å². The molecule has 5 heteroatoms. The smallest absolute Gasteiger partial charge is 0.231 e. The van der Waals surface area contributed by atoms with Gasteiger partial charge in [0.25, 0.3) is 0 Å². The molecule has 0 saturated carbocycles. The van der Waals surface area contributed by atoms with E-state index in [4.69, 9.17) is 0 Å². The first kappa shape index (κ1) is 16.0. The molecule has 24 heavy (non-hydrogen) atoms. The average molecular weight is 343 g/mol. The molecule has 1 saturated heterocycles.